The third-order valence-electron chi connectivity index (χ3n) is 12.6. The zero-order valence-corrected chi connectivity index (χ0v) is 30.1. The Hall–Kier alpha value is -2.28. The van der Waals surface area contributed by atoms with Crippen LogP contribution in [0, 0.1) is 17.8 Å². The summed E-state index contributed by atoms with van der Waals surface area (Å²) in [6.45, 7) is 12.3. The van der Waals surface area contributed by atoms with E-state index in [2.05, 4.69) is 37.3 Å². The number of likely N-dealkylation sites (N-methyl/N-ethyl adjacent to an activating group) is 1. The summed E-state index contributed by atoms with van der Waals surface area (Å²) in [4.78, 5) is 49.6. The van der Waals surface area contributed by atoms with E-state index in [0.717, 1.165) is 58.4 Å². The highest BCUT2D eigenvalue weighted by molar-refractivity contribution is 6.20. The quantitative estimate of drug-likeness (QED) is 0.309. The Morgan fingerprint density at radius 3 is 2.55 bits per heavy atom. The van der Waals surface area contributed by atoms with Crippen molar-refractivity contribution in [2.24, 2.45) is 17.8 Å². The summed E-state index contributed by atoms with van der Waals surface area (Å²) in [6.07, 6.45) is 7.99. The number of hydrogen-bond acceptors (Lipinski definition) is 9. The zero-order valence-electron chi connectivity index (χ0n) is 30.1. The lowest BCUT2D eigenvalue weighted by Gasteiger charge is -2.62. The molecule has 2 N–H and O–H groups in total. The standard InChI is InChI=1S/C37H59FN6O5/c1-37(2,3)49-36(47)40-24-12-15-43(21-24)31-28(38)20-26-30-34(31)48-33-25-9-6-5-8-23(25)10-11-29(33)44(30)22-27(32(26)45)35(46)39-13-7-14-42-18-16-41(4)17-19-42/h22-26,28-31,33-34H,5-21H2,1-4H3,(H,39,46)(H,40,47)/t23?,24-,25?,26?,28?,29?,30?,31?,33?,34?/m1/s1. The van der Waals surface area contributed by atoms with E-state index in [1.165, 1.54) is 19.3 Å². The monoisotopic (exact) mass is 686 g/mol. The van der Waals surface area contributed by atoms with E-state index in [0.29, 0.717) is 37.9 Å². The molecule has 4 heterocycles. The molecule has 274 valence electrons. The number of rotatable bonds is 7. The van der Waals surface area contributed by atoms with E-state index >= 15 is 4.39 Å². The fraction of sp³-hybridized carbons (Fsp3) is 0.865. The maximum absolute atomic E-state index is 16.6. The molecule has 6 fully saturated rings. The molecular weight excluding hydrogens is 627 g/mol. The van der Waals surface area contributed by atoms with Crippen LogP contribution in [0.4, 0.5) is 9.18 Å². The number of Topliss-reactive ketones (excluding diaryl/α,β-unsaturated/α-hetero) is 1. The van der Waals surface area contributed by atoms with Gasteiger partial charge in [-0.25, -0.2) is 9.18 Å². The van der Waals surface area contributed by atoms with E-state index < -0.39 is 35.9 Å². The molecular formula is C37H59FN6O5. The highest BCUT2D eigenvalue weighted by Crippen LogP contribution is 2.51. The Morgan fingerprint density at radius 2 is 1.78 bits per heavy atom. The van der Waals surface area contributed by atoms with Gasteiger partial charge in [0, 0.05) is 64.0 Å². The van der Waals surface area contributed by atoms with Crippen LogP contribution in [0.25, 0.3) is 0 Å². The average Bonchev–Trinajstić information content (AvgIpc) is 3.51. The first-order valence-electron chi connectivity index (χ1n) is 19.2. The third kappa shape index (κ3) is 7.39. The molecule has 4 aliphatic heterocycles. The Morgan fingerprint density at radius 1 is 1.00 bits per heavy atom. The van der Waals surface area contributed by atoms with Crippen LogP contribution in [0.15, 0.2) is 11.8 Å². The number of fused-ring (bicyclic) bond motifs is 4. The lowest BCUT2D eigenvalue weighted by molar-refractivity contribution is -0.231. The molecule has 7 rings (SSSR count). The van der Waals surface area contributed by atoms with Crippen LogP contribution < -0.4 is 10.6 Å². The lowest BCUT2D eigenvalue weighted by atomic mass is 9.64. The second-order valence-electron chi connectivity index (χ2n) is 17.0. The van der Waals surface area contributed by atoms with Gasteiger partial charge >= 0.3 is 6.09 Å². The Bertz CT molecular complexity index is 1270. The van der Waals surface area contributed by atoms with Gasteiger partial charge in [0.15, 0.2) is 5.78 Å². The van der Waals surface area contributed by atoms with Gasteiger partial charge in [0.2, 0.25) is 0 Å². The first-order chi connectivity index (χ1) is 23.5. The third-order valence-corrected chi connectivity index (χ3v) is 12.6. The topological polar surface area (TPSA) is 107 Å². The van der Waals surface area contributed by atoms with Crippen LogP contribution in [-0.4, -0.2) is 145 Å². The number of morpholine rings is 1. The molecule has 0 aromatic heterocycles. The average molecular weight is 687 g/mol. The lowest BCUT2D eigenvalue weighted by Crippen LogP contribution is -2.74. The summed E-state index contributed by atoms with van der Waals surface area (Å²) in [6, 6.07) is -0.903. The largest absolute Gasteiger partial charge is 0.444 e. The zero-order chi connectivity index (χ0) is 34.4. The number of likely N-dealkylation sites (tertiary alicyclic amines) is 1. The molecule has 10 atom stereocenters. The summed E-state index contributed by atoms with van der Waals surface area (Å²) < 4.78 is 29.3. The highest BCUT2D eigenvalue weighted by atomic mass is 19.1. The van der Waals surface area contributed by atoms with Gasteiger partial charge in [-0.15, -0.1) is 0 Å². The van der Waals surface area contributed by atoms with Crippen LogP contribution >= 0.6 is 0 Å². The number of halogens is 1. The van der Waals surface area contributed by atoms with Crippen molar-refractivity contribution in [1.82, 2.24) is 30.2 Å². The first kappa shape index (κ1) is 35.1. The van der Waals surface area contributed by atoms with Gasteiger partial charge in [0.05, 0.1) is 35.9 Å². The molecule has 0 aromatic rings. The van der Waals surface area contributed by atoms with Crippen molar-refractivity contribution in [2.45, 2.75) is 127 Å². The number of carbonyl (C=O) groups excluding carboxylic acids is 3. The number of nitrogens with one attached hydrogen (secondary N) is 2. The second-order valence-corrected chi connectivity index (χ2v) is 17.0. The number of alkyl carbamates (subject to hydrolysis) is 1. The van der Waals surface area contributed by atoms with Crippen molar-refractivity contribution >= 4 is 17.8 Å². The second kappa shape index (κ2) is 14.4. The number of alkyl halides is 1. The van der Waals surface area contributed by atoms with Crippen molar-refractivity contribution in [1.29, 1.82) is 0 Å². The van der Waals surface area contributed by atoms with Crippen molar-refractivity contribution in [3.8, 4) is 0 Å². The minimum atomic E-state index is -1.29. The normalized spacial score (nSPS) is 38.6. The van der Waals surface area contributed by atoms with E-state index in [1.54, 1.807) is 0 Å². The number of carbonyl (C=O) groups is 3. The maximum atomic E-state index is 16.6. The Labute approximate surface area is 291 Å². The van der Waals surface area contributed by atoms with Gasteiger partial charge in [0.1, 0.15) is 11.8 Å². The molecule has 0 bridgehead atoms. The molecule has 11 nitrogen and oxygen atoms in total. The number of amides is 2. The van der Waals surface area contributed by atoms with Gasteiger partial charge < -0.3 is 34.8 Å². The molecule has 3 saturated heterocycles. The molecule has 2 amide bonds. The molecule has 0 spiro atoms. The van der Waals surface area contributed by atoms with Gasteiger partial charge in [-0.1, -0.05) is 19.3 Å². The van der Waals surface area contributed by atoms with Gasteiger partial charge in [-0.05, 0) is 84.7 Å². The molecule has 7 aliphatic rings. The molecule has 0 aromatic carbocycles. The summed E-state index contributed by atoms with van der Waals surface area (Å²) in [5.74, 6) is -0.191. The summed E-state index contributed by atoms with van der Waals surface area (Å²) in [7, 11) is 2.14. The fourth-order valence-corrected chi connectivity index (χ4v) is 10.3. The minimum Gasteiger partial charge on any atom is -0.444 e. The van der Waals surface area contributed by atoms with E-state index in [4.69, 9.17) is 9.47 Å². The van der Waals surface area contributed by atoms with Crippen LogP contribution in [0.3, 0.4) is 0 Å². The molecule has 49 heavy (non-hydrogen) atoms. The maximum Gasteiger partial charge on any atom is 0.407 e. The van der Waals surface area contributed by atoms with Crippen molar-refractivity contribution in [2.75, 3.05) is 59.4 Å². The molecule has 3 aliphatic carbocycles. The highest BCUT2D eigenvalue weighted by Gasteiger charge is 2.61. The number of nitrogens with zero attached hydrogens (tertiary/aromatic N) is 4. The predicted octanol–water partition coefficient (Wildman–Crippen LogP) is 2.94. The number of ether oxygens (including phenoxy) is 2. The Kier molecular flexibility index (Phi) is 10.3. The van der Waals surface area contributed by atoms with E-state index in [9.17, 15) is 14.4 Å². The van der Waals surface area contributed by atoms with Gasteiger partial charge in [-0.3, -0.25) is 14.5 Å². The molecule has 9 unspecified atom stereocenters. The smallest absolute Gasteiger partial charge is 0.407 e. The van der Waals surface area contributed by atoms with Crippen molar-refractivity contribution in [3.05, 3.63) is 11.8 Å². The van der Waals surface area contributed by atoms with Crippen LogP contribution in [0.2, 0.25) is 0 Å². The van der Waals surface area contributed by atoms with Crippen molar-refractivity contribution < 1.29 is 28.2 Å². The Balaban J connectivity index is 1.09. The van der Waals surface area contributed by atoms with Crippen LogP contribution in [-0.2, 0) is 19.1 Å². The molecule has 0 radical (unpaired) electrons. The van der Waals surface area contributed by atoms with Crippen LogP contribution in [0.1, 0.15) is 78.6 Å². The predicted molar refractivity (Wildman–Crippen MR) is 184 cm³/mol. The minimum absolute atomic E-state index is 0.0515. The summed E-state index contributed by atoms with van der Waals surface area (Å²) in [5.41, 5.74) is -0.418. The first-order valence-corrected chi connectivity index (χ1v) is 19.2. The van der Waals surface area contributed by atoms with Crippen LogP contribution in [0.5, 0.6) is 0 Å². The number of piperazine rings is 1. The summed E-state index contributed by atoms with van der Waals surface area (Å²) in [5, 5.41) is 6.04. The SMILES string of the molecule is CN1CCN(CCCNC(=O)C2=CN3C4CCC5CCCCC5C4OC4C(N5CC[C@@H](NC(=O)OC(C)(C)C)C5)C(F)CC(C2=O)C43)CC1. The number of hydrogen-bond donors (Lipinski definition) is 2. The van der Waals surface area contributed by atoms with E-state index in [1.807, 2.05) is 27.0 Å². The van der Waals surface area contributed by atoms with E-state index in [-0.39, 0.29) is 47.9 Å². The van der Waals surface area contributed by atoms with Gasteiger partial charge in [-0.2, -0.15) is 0 Å². The molecule has 3 saturated carbocycles. The number of ketones is 1. The molecule has 12 heteroatoms. The summed E-state index contributed by atoms with van der Waals surface area (Å²) >= 11 is 0. The fourth-order valence-electron chi connectivity index (χ4n) is 10.3. The van der Waals surface area contributed by atoms with Gasteiger partial charge in [0.25, 0.3) is 5.91 Å². The van der Waals surface area contributed by atoms with Crippen molar-refractivity contribution in [3.63, 3.8) is 0 Å².